The number of rotatable bonds is 4. The summed E-state index contributed by atoms with van der Waals surface area (Å²) in [6, 6.07) is 0.0119. The number of nitrogens with one attached hydrogen (secondary N) is 1. The summed E-state index contributed by atoms with van der Waals surface area (Å²) >= 11 is 0. The summed E-state index contributed by atoms with van der Waals surface area (Å²) in [6.07, 6.45) is 4.05. The summed E-state index contributed by atoms with van der Waals surface area (Å²) in [6.45, 7) is 1.19. The van der Waals surface area contributed by atoms with Gasteiger partial charge in [0.25, 0.3) is 0 Å². The summed E-state index contributed by atoms with van der Waals surface area (Å²) in [5.41, 5.74) is 0. The minimum atomic E-state index is -0.789. The van der Waals surface area contributed by atoms with E-state index in [1.807, 2.05) is 0 Å². The summed E-state index contributed by atoms with van der Waals surface area (Å²) in [5, 5.41) is 11.8. The number of ether oxygens (including phenoxy) is 1. The number of carbonyl (C=O) groups excluding carboxylic acids is 1. The molecule has 1 saturated heterocycles. The van der Waals surface area contributed by atoms with E-state index in [-0.39, 0.29) is 30.5 Å². The van der Waals surface area contributed by atoms with Crippen LogP contribution in [-0.4, -0.2) is 54.4 Å². The Labute approximate surface area is 113 Å². The Morgan fingerprint density at radius 2 is 2.16 bits per heavy atom. The number of nitrogens with zero attached hydrogens (tertiary/aromatic N) is 1. The van der Waals surface area contributed by atoms with Gasteiger partial charge in [-0.1, -0.05) is 0 Å². The van der Waals surface area contributed by atoms with Gasteiger partial charge in [0.05, 0.1) is 12.1 Å². The topological polar surface area (TPSA) is 78.9 Å². The zero-order chi connectivity index (χ0) is 13.8. The van der Waals surface area contributed by atoms with Gasteiger partial charge in [-0.3, -0.25) is 4.79 Å². The first kappa shape index (κ1) is 14.1. The second-order valence-electron chi connectivity index (χ2n) is 5.46. The van der Waals surface area contributed by atoms with Crippen LogP contribution in [0.5, 0.6) is 0 Å². The molecule has 0 aromatic rings. The maximum atomic E-state index is 12.1. The second kappa shape index (κ2) is 6.23. The van der Waals surface area contributed by atoms with Crippen molar-refractivity contribution >= 4 is 12.0 Å². The van der Waals surface area contributed by atoms with Crippen LogP contribution in [0.4, 0.5) is 4.79 Å². The summed E-state index contributed by atoms with van der Waals surface area (Å²) in [5.74, 6) is -0.701. The highest BCUT2D eigenvalue weighted by Gasteiger charge is 2.32. The average Bonchev–Trinajstić information content (AvgIpc) is 2.97. The first-order valence-electron chi connectivity index (χ1n) is 6.90. The number of carbonyl (C=O) groups is 2. The molecule has 6 nitrogen and oxygen atoms in total. The molecule has 19 heavy (non-hydrogen) atoms. The van der Waals surface area contributed by atoms with Crippen LogP contribution in [0.3, 0.4) is 0 Å². The van der Waals surface area contributed by atoms with Gasteiger partial charge in [-0.05, 0) is 31.6 Å². The quantitative estimate of drug-likeness (QED) is 0.800. The maximum Gasteiger partial charge on any atom is 0.317 e. The Bertz CT molecular complexity index is 348. The molecule has 0 spiro atoms. The molecule has 0 bridgehead atoms. The Balaban J connectivity index is 1.79. The average molecular weight is 270 g/mol. The third-order valence-corrected chi connectivity index (χ3v) is 4.10. The van der Waals surface area contributed by atoms with Crippen LogP contribution in [0.15, 0.2) is 0 Å². The van der Waals surface area contributed by atoms with Crippen LogP contribution in [0, 0.1) is 5.92 Å². The normalized spacial score (nSPS) is 30.6. The fourth-order valence-electron chi connectivity index (χ4n) is 3.05. The third-order valence-electron chi connectivity index (χ3n) is 4.10. The zero-order valence-electron chi connectivity index (χ0n) is 11.3. The van der Waals surface area contributed by atoms with E-state index in [1.165, 1.54) is 0 Å². The van der Waals surface area contributed by atoms with E-state index >= 15 is 0 Å². The highest BCUT2D eigenvalue weighted by Crippen LogP contribution is 2.23. The van der Waals surface area contributed by atoms with Gasteiger partial charge in [-0.15, -0.1) is 0 Å². The van der Waals surface area contributed by atoms with E-state index in [2.05, 4.69) is 5.32 Å². The van der Waals surface area contributed by atoms with E-state index in [4.69, 9.17) is 9.84 Å². The van der Waals surface area contributed by atoms with Crippen LogP contribution < -0.4 is 5.32 Å². The molecule has 0 aromatic carbocycles. The van der Waals surface area contributed by atoms with Gasteiger partial charge in [0, 0.05) is 26.6 Å². The monoisotopic (exact) mass is 270 g/mol. The highest BCUT2D eigenvalue weighted by atomic mass is 16.5. The molecule has 0 aromatic heterocycles. The Morgan fingerprint density at radius 1 is 1.37 bits per heavy atom. The van der Waals surface area contributed by atoms with Crippen LogP contribution >= 0.6 is 0 Å². The molecule has 1 heterocycles. The SMILES string of the molecule is COC1CCCC1NC(=O)N1CCC(CC(=O)O)C1. The van der Waals surface area contributed by atoms with Gasteiger partial charge >= 0.3 is 12.0 Å². The molecule has 1 aliphatic carbocycles. The number of carboxylic acid groups (broad SMARTS) is 1. The molecule has 2 fully saturated rings. The van der Waals surface area contributed by atoms with E-state index in [0.717, 1.165) is 25.7 Å². The lowest BCUT2D eigenvalue weighted by molar-refractivity contribution is -0.138. The van der Waals surface area contributed by atoms with E-state index in [0.29, 0.717) is 13.1 Å². The Morgan fingerprint density at radius 3 is 2.84 bits per heavy atom. The van der Waals surface area contributed by atoms with Crippen LogP contribution in [-0.2, 0) is 9.53 Å². The van der Waals surface area contributed by atoms with Crippen molar-refractivity contribution in [1.29, 1.82) is 0 Å². The van der Waals surface area contributed by atoms with E-state index < -0.39 is 5.97 Å². The van der Waals surface area contributed by atoms with Crippen LogP contribution in [0.25, 0.3) is 0 Å². The van der Waals surface area contributed by atoms with Crippen LogP contribution in [0.1, 0.15) is 32.1 Å². The van der Waals surface area contributed by atoms with E-state index in [9.17, 15) is 9.59 Å². The molecule has 2 amide bonds. The molecule has 1 saturated carbocycles. The zero-order valence-corrected chi connectivity index (χ0v) is 11.3. The molecule has 3 unspecified atom stereocenters. The predicted molar refractivity (Wildman–Crippen MR) is 68.9 cm³/mol. The summed E-state index contributed by atoms with van der Waals surface area (Å²) in [7, 11) is 1.67. The van der Waals surface area contributed by atoms with Crippen LogP contribution in [0.2, 0.25) is 0 Å². The van der Waals surface area contributed by atoms with Crippen molar-refractivity contribution in [2.24, 2.45) is 5.92 Å². The van der Waals surface area contributed by atoms with Crippen molar-refractivity contribution in [3.63, 3.8) is 0 Å². The molecule has 108 valence electrons. The highest BCUT2D eigenvalue weighted by molar-refractivity contribution is 5.75. The van der Waals surface area contributed by atoms with Gasteiger partial charge in [0.15, 0.2) is 0 Å². The number of aliphatic carboxylic acids is 1. The lowest BCUT2D eigenvalue weighted by Crippen LogP contribution is -2.47. The fraction of sp³-hybridized carbons (Fsp3) is 0.846. The minimum Gasteiger partial charge on any atom is -0.481 e. The lowest BCUT2D eigenvalue weighted by Gasteiger charge is -2.24. The van der Waals surface area contributed by atoms with Gasteiger partial charge in [0.1, 0.15) is 0 Å². The van der Waals surface area contributed by atoms with Crippen molar-refractivity contribution in [2.45, 2.75) is 44.2 Å². The number of hydrogen-bond donors (Lipinski definition) is 2. The molecule has 2 aliphatic rings. The number of likely N-dealkylation sites (tertiary alicyclic amines) is 1. The number of amides is 2. The predicted octanol–water partition coefficient (Wildman–Crippen LogP) is 1.06. The largest absolute Gasteiger partial charge is 0.481 e. The lowest BCUT2D eigenvalue weighted by atomic mass is 10.1. The number of hydrogen-bond acceptors (Lipinski definition) is 3. The smallest absolute Gasteiger partial charge is 0.317 e. The standard InChI is InChI=1S/C13H22N2O4/c1-19-11-4-2-3-10(11)14-13(18)15-6-5-9(8-15)7-12(16)17/h9-11H,2-8H2,1H3,(H,14,18)(H,16,17). The molecular formula is C13H22N2O4. The molecule has 3 atom stereocenters. The minimum absolute atomic E-state index is 0.0816. The van der Waals surface area contributed by atoms with Crippen molar-refractivity contribution in [3.8, 4) is 0 Å². The first-order chi connectivity index (χ1) is 9.10. The van der Waals surface area contributed by atoms with Gasteiger partial charge in [-0.25, -0.2) is 4.79 Å². The molecule has 2 rings (SSSR count). The fourth-order valence-corrected chi connectivity index (χ4v) is 3.05. The molecular weight excluding hydrogens is 248 g/mol. The molecule has 0 radical (unpaired) electrons. The first-order valence-corrected chi connectivity index (χ1v) is 6.90. The Hall–Kier alpha value is -1.30. The van der Waals surface area contributed by atoms with Crippen molar-refractivity contribution in [1.82, 2.24) is 10.2 Å². The maximum absolute atomic E-state index is 12.1. The molecule has 1 aliphatic heterocycles. The molecule has 6 heteroatoms. The van der Waals surface area contributed by atoms with E-state index in [1.54, 1.807) is 12.0 Å². The summed E-state index contributed by atoms with van der Waals surface area (Å²) in [4.78, 5) is 24.5. The third kappa shape index (κ3) is 3.59. The number of urea groups is 1. The summed E-state index contributed by atoms with van der Waals surface area (Å²) < 4.78 is 5.35. The number of methoxy groups -OCH3 is 1. The van der Waals surface area contributed by atoms with Gasteiger partial charge < -0.3 is 20.1 Å². The van der Waals surface area contributed by atoms with Crippen molar-refractivity contribution in [3.05, 3.63) is 0 Å². The number of carboxylic acids is 1. The Kier molecular flexibility index (Phi) is 4.63. The second-order valence-corrected chi connectivity index (χ2v) is 5.46. The van der Waals surface area contributed by atoms with Crippen molar-refractivity contribution < 1.29 is 19.4 Å². The van der Waals surface area contributed by atoms with Crippen molar-refractivity contribution in [2.75, 3.05) is 20.2 Å². The van der Waals surface area contributed by atoms with Gasteiger partial charge in [-0.2, -0.15) is 0 Å². The van der Waals surface area contributed by atoms with Gasteiger partial charge in [0.2, 0.25) is 0 Å². The molecule has 2 N–H and O–H groups in total.